The van der Waals surface area contributed by atoms with E-state index in [0.717, 1.165) is 5.56 Å². The van der Waals surface area contributed by atoms with Crippen LogP contribution in [0.15, 0.2) is 36.5 Å². The summed E-state index contributed by atoms with van der Waals surface area (Å²) in [4.78, 5) is 22.5. The average molecular weight is 314 g/mol. The Kier molecular flexibility index (Phi) is 5.30. The first-order valence-electron chi connectivity index (χ1n) is 7.13. The van der Waals surface area contributed by atoms with E-state index in [-0.39, 0.29) is 18.8 Å². The number of carbonyl (C=O) groups excluding carboxylic acids is 1. The summed E-state index contributed by atoms with van der Waals surface area (Å²) in [5.41, 5.74) is 2.13. The lowest BCUT2D eigenvalue weighted by atomic mass is 10.1. The summed E-state index contributed by atoms with van der Waals surface area (Å²) in [6.07, 6.45) is 4.88. The third-order valence-electron chi connectivity index (χ3n) is 3.17. The van der Waals surface area contributed by atoms with E-state index in [1.54, 1.807) is 55.2 Å². The summed E-state index contributed by atoms with van der Waals surface area (Å²) in [6.45, 7) is 1.92. The van der Waals surface area contributed by atoms with Crippen molar-refractivity contribution in [2.45, 2.75) is 13.3 Å². The number of carboxylic acids is 1. The van der Waals surface area contributed by atoms with Crippen molar-refractivity contribution in [2.24, 2.45) is 7.05 Å². The Morgan fingerprint density at radius 3 is 2.57 bits per heavy atom. The molecule has 0 aliphatic heterocycles. The normalized spacial score (nSPS) is 10.9. The molecule has 0 atom stereocenters. The van der Waals surface area contributed by atoms with Gasteiger partial charge in [-0.2, -0.15) is 5.10 Å². The molecule has 0 radical (unpaired) electrons. The van der Waals surface area contributed by atoms with E-state index in [2.05, 4.69) is 5.10 Å². The molecule has 6 heteroatoms. The Morgan fingerprint density at radius 2 is 2.00 bits per heavy atom. The number of hydrogen-bond acceptors (Lipinski definition) is 4. The van der Waals surface area contributed by atoms with E-state index >= 15 is 0 Å². The molecule has 0 fully saturated rings. The van der Waals surface area contributed by atoms with Crippen LogP contribution in [-0.4, -0.2) is 33.2 Å². The second-order valence-corrected chi connectivity index (χ2v) is 5.06. The minimum Gasteiger partial charge on any atom is -0.493 e. The zero-order chi connectivity index (χ0) is 16.8. The molecule has 0 saturated heterocycles. The molecule has 1 heterocycles. The molecular formula is C17H18N2O4. The number of aromatic nitrogens is 2. The molecule has 1 aromatic heterocycles. The highest BCUT2D eigenvalue weighted by Crippen LogP contribution is 2.14. The van der Waals surface area contributed by atoms with Gasteiger partial charge >= 0.3 is 5.97 Å². The third-order valence-corrected chi connectivity index (χ3v) is 3.17. The van der Waals surface area contributed by atoms with Crippen LogP contribution in [0.25, 0.3) is 6.08 Å². The van der Waals surface area contributed by atoms with Crippen LogP contribution < -0.4 is 4.74 Å². The molecule has 0 amide bonds. The molecule has 0 aliphatic rings. The fourth-order valence-corrected chi connectivity index (χ4v) is 2.03. The van der Waals surface area contributed by atoms with Crippen LogP contribution in [0.2, 0.25) is 0 Å². The second-order valence-electron chi connectivity index (χ2n) is 5.06. The van der Waals surface area contributed by atoms with Crippen molar-refractivity contribution in [3.05, 3.63) is 53.4 Å². The summed E-state index contributed by atoms with van der Waals surface area (Å²) in [5, 5.41) is 12.7. The van der Waals surface area contributed by atoms with Crippen molar-refractivity contribution >= 4 is 17.8 Å². The van der Waals surface area contributed by atoms with Crippen LogP contribution in [0.1, 0.15) is 28.0 Å². The smallest absolute Gasteiger partial charge is 0.306 e. The molecule has 120 valence electrons. The topological polar surface area (TPSA) is 81.4 Å². The largest absolute Gasteiger partial charge is 0.493 e. The Bertz CT molecular complexity index is 730. The van der Waals surface area contributed by atoms with Crippen molar-refractivity contribution in [1.82, 2.24) is 9.78 Å². The van der Waals surface area contributed by atoms with Crippen LogP contribution in [0, 0.1) is 6.92 Å². The molecule has 0 bridgehead atoms. The summed E-state index contributed by atoms with van der Waals surface area (Å²) in [5.74, 6) is -0.399. The maximum Gasteiger partial charge on any atom is 0.306 e. The Morgan fingerprint density at radius 1 is 1.30 bits per heavy atom. The zero-order valence-corrected chi connectivity index (χ0v) is 13.0. The molecule has 23 heavy (non-hydrogen) atoms. The Labute approximate surface area is 134 Å². The summed E-state index contributed by atoms with van der Waals surface area (Å²) in [6, 6.07) is 7.08. The molecular weight excluding hydrogens is 296 g/mol. The van der Waals surface area contributed by atoms with Crippen LogP contribution >= 0.6 is 0 Å². The van der Waals surface area contributed by atoms with E-state index in [1.807, 2.05) is 0 Å². The molecule has 1 N–H and O–H groups in total. The number of ether oxygens (including phenoxy) is 1. The number of hydrogen-bond donors (Lipinski definition) is 1. The maximum atomic E-state index is 12.1. The van der Waals surface area contributed by atoms with Crippen LogP contribution in [0.5, 0.6) is 5.75 Å². The summed E-state index contributed by atoms with van der Waals surface area (Å²) >= 11 is 0. The molecule has 0 saturated carbocycles. The van der Waals surface area contributed by atoms with Crippen LogP contribution in [0.3, 0.4) is 0 Å². The Balaban J connectivity index is 1.96. The van der Waals surface area contributed by atoms with E-state index < -0.39 is 5.97 Å². The minimum atomic E-state index is -0.895. The van der Waals surface area contributed by atoms with Crippen molar-refractivity contribution in [2.75, 3.05) is 6.61 Å². The molecule has 2 rings (SSSR count). The monoisotopic (exact) mass is 314 g/mol. The number of benzene rings is 1. The van der Waals surface area contributed by atoms with Gasteiger partial charge in [0.15, 0.2) is 5.78 Å². The van der Waals surface area contributed by atoms with Gasteiger partial charge in [-0.25, -0.2) is 0 Å². The van der Waals surface area contributed by atoms with Gasteiger partial charge in [0.05, 0.1) is 24.3 Å². The van der Waals surface area contributed by atoms with Crippen LogP contribution in [0.4, 0.5) is 0 Å². The number of carboxylic acid groups (broad SMARTS) is 1. The average Bonchev–Trinajstić information content (AvgIpc) is 2.84. The number of nitrogens with zero attached hydrogens (tertiary/aromatic N) is 2. The molecule has 0 unspecified atom stereocenters. The molecule has 6 nitrogen and oxygen atoms in total. The maximum absolute atomic E-state index is 12.1. The predicted octanol–water partition coefficient (Wildman–Crippen LogP) is 2.48. The van der Waals surface area contributed by atoms with E-state index in [0.29, 0.717) is 17.0 Å². The quantitative estimate of drug-likeness (QED) is 0.627. The number of allylic oxidation sites excluding steroid dienone is 1. The van der Waals surface area contributed by atoms with Crippen LogP contribution in [-0.2, 0) is 11.8 Å². The van der Waals surface area contributed by atoms with Crippen molar-refractivity contribution < 1.29 is 19.4 Å². The van der Waals surface area contributed by atoms with E-state index in [1.165, 1.54) is 6.08 Å². The molecule has 2 aromatic rings. The minimum absolute atomic E-state index is 0.0411. The second kappa shape index (κ2) is 7.40. The number of aliphatic carboxylic acids is 1. The highest BCUT2D eigenvalue weighted by molar-refractivity contribution is 6.07. The lowest BCUT2D eigenvalue weighted by molar-refractivity contribution is -0.137. The SMILES string of the molecule is Cc1nn(C)cc1C(=O)/C=C/c1ccc(OCCC(=O)O)cc1. The number of ketones is 1. The van der Waals surface area contributed by atoms with Gasteiger partial charge in [0.25, 0.3) is 0 Å². The highest BCUT2D eigenvalue weighted by atomic mass is 16.5. The van der Waals surface area contributed by atoms with Gasteiger partial charge < -0.3 is 9.84 Å². The standard InChI is InChI=1S/C17H18N2O4/c1-12-15(11-19(2)18-12)16(20)8-5-13-3-6-14(7-4-13)23-10-9-17(21)22/h3-8,11H,9-10H2,1-2H3,(H,21,22)/b8-5+. The van der Waals surface area contributed by atoms with Crippen molar-refractivity contribution in [3.8, 4) is 5.75 Å². The van der Waals surface area contributed by atoms with Gasteiger partial charge in [-0.15, -0.1) is 0 Å². The summed E-state index contributed by atoms with van der Waals surface area (Å²) < 4.78 is 6.91. The predicted molar refractivity (Wildman–Crippen MR) is 85.5 cm³/mol. The molecule has 1 aromatic carbocycles. The number of carbonyl (C=O) groups is 2. The number of rotatable bonds is 7. The van der Waals surface area contributed by atoms with Crippen molar-refractivity contribution in [3.63, 3.8) is 0 Å². The lowest BCUT2D eigenvalue weighted by Gasteiger charge is -2.04. The van der Waals surface area contributed by atoms with Gasteiger partial charge in [-0.1, -0.05) is 18.2 Å². The fourth-order valence-electron chi connectivity index (χ4n) is 2.03. The van der Waals surface area contributed by atoms with E-state index in [4.69, 9.17) is 9.84 Å². The van der Waals surface area contributed by atoms with Gasteiger partial charge in [0.2, 0.25) is 0 Å². The lowest BCUT2D eigenvalue weighted by Crippen LogP contribution is -2.04. The van der Waals surface area contributed by atoms with Gasteiger partial charge in [0.1, 0.15) is 5.75 Å². The highest BCUT2D eigenvalue weighted by Gasteiger charge is 2.09. The molecule has 0 aliphatic carbocycles. The molecule has 0 spiro atoms. The first kappa shape index (κ1) is 16.5. The fraction of sp³-hybridized carbons (Fsp3) is 0.235. The van der Waals surface area contributed by atoms with Gasteiger partial charge in [0, 0.05) is 13.2 Å². The Hall–Kier alpha value is -2.89. The first-order valence-corrected chi connectivity index (χ1v) is 7.13. The third kappa shape index (κ3) is 4.81. The summed E-state index contributed by atoms with van der Waals surface area (Å²) in [7, 11) is 1.77. The van der Waals surface area contributed by atoms with Gasteiger partial charge in [-0.3, -0.25) is 14.3 Å². The first-order chi connectivity index (χ1) is 11.0. The van der Waals surface area contributed by atoms with Crippen molar-refractivity contribution in [1.29, 1.82) is 0 Å². The number of aryl methyl sites for hydroxylation is 2. The van der Waals surface area contributed by atoms with Gasteiger partial charge in [-0.05, 0) is 30.7 Å². The van der Waals surface area contributed by atoms with E-state index in [9.17, 15) is 9.59 Å². The zero-order valence-electron chi connectivity index (χ0n) is 13.0.